The Hall–Kier alpha value is -1.29. The minimum Gasteiger partial charge on any atom is -0.252 e. The minimum absolute atomic E-state index is 0.290. The Morgan fingerprint density at radius 2 is 2.19 bits per heavy atom. The molecule has 0 bridgehead atoms. The molecule has 0 fully saturated rings. The van der Waals surface area contributed by atoms with E-state index in [2.05, 4.69) is 23.8 Å². The molecule has 0 amide bonds. The summed E-state index contributed by atoms with van der Waals surface area (Å²) < 4.78 is 13.5. The summed E-state index contributed by atoms with van der Waals surface area (Å²) in [6.07, 6.45) is 4.23. The maximum Gasteiger partial charge on any atom is 0.150 e. The van der Waals surface area contributed by atoms with E-state index in [0.717, 1.165) is 16.3 Å². The summed E-state index contributed by atoms with van der Waals surface area (Å²) in [5, 5.41) is 1.04. The summed E-state index contributed by atoms with van der Waals surface area (Å²) >= 11 is 1.51. The first-order valence-corrected chi connectivity index (χ1v) is 6.04. The Morgan fingerprint density at radius 3 is 2.88 bits per heavy atom. The lowest BCUT2D eigenvalue weighted by atomic mass is 10.1. The van der Waals surface area contributed by atoms with Gasteiger partial charge >= 0.3 is 0 Å². The third-order valence-electron chi connectivity index (χ3n) is 2.13. The smallest absolute Gasteiger partial charge is 0.150 e. The molecule has 0 aliphatic heterocycles. The van der Waals surface area contributed by atoms with E-state index in [1.807, 2.05) is 0 Å². The van der Waals surface area contributed by atoms with Crippen LogP contribution in [0.3, 0.4) is 0 Å². The molecule has 0 radical (unpaired) electrons. The summed E-state index contributed by atoms with van der Waals surface area (Å²) in [6, 6.07) is 3.01. The molecule has 0 saturated heterocycles. The average Bonchev–Trinajstić information content (AvgIpc) is 2.66. The third kappa shape index (κ3) is 2.44. The van der Waals surface area contributed by atoms with Crippen LogP contribution in [0.5, 0.6) is 0 Å². The van der Waals surface area contributed by atoms with Crippen molar-refractivity contribution in [3.05, 3.63) is 35.4 Å². The van der Waals surface area contributed by atoms with E-state index in [4.69, 9.17) is 0 Å². The van der Waals surface area contributed by atoms with Gasteiger partial charge in [0.25, 0.3) is 0 Å². The van der Waals surface area contributed by atoms with Gasteiger partial charge in [0, 0.05) is 18.8 Å². The molecule has 16 heavy (non-hydrogen) atoms. The second-order valence-electron chi connectivity index (χ2n) is 4.05. The number of aromatic nitrogens is 2. The summed E-state index contributed by atoms with van der Waals surface area (Å²) in [7, 11) is 0. The summed E-state index contributed by atoms with van der Waals surface area (Å²) in [5.41, 5.74) is 0.398. The van der Waals surface area contributed by atoms with Gasteiger partial charge < -0.3 is 0 Å². The molecule has 2 aromatic rings. The third-order valence-corrected chi connectivity index (χ3v) is 3.15. The second kappa shape index (κ2) is 4.70. The molecular weight excluding hydrogens is 223 g/mol. The number of hydrogen-bond acceptors (Lipinski definition) is 3. The molecule has 2 nitrogen and oxygen atoms in total. The minimum atomic E-state index is -0.290. The maximum absolute atomic E-state index is 13.5. The van der Waals surface area contributed by atoms with Gasteiger partial charge in [0.1, 0.15) is 11.5 Å². The van der Waals surface area contributed by atoms with Crippen LogP contribution in [-0.2, 0) is 6.42 Å². The molecule has 84 valence electrons. The lowest BCUT2D eigenvalue weighted by molar-refractivity contribution is 0.626. The Bertz CT molecular complexity index is 479. The molecule has 0 aromatic carbocycles. The van der Waals surface area contributed by atoms with E-state index in [1.54, 1.807) is 18.5 Å². The van der Waals surface area contributed by atoms with E-state index in [0.29, 0.717) is 11.6 Å². The van der Waals surface area contributed by atoms with E-state index in [1.165, 1.54) is 17.4 Å². The Kier molecular flexibility index (Phi) is 3.29. The van der Waals surface area contributed by atoms with Crippen molar-refractivity contribution in [3.8, 4) is 10.6 Å². The Balaban J connectivity index is 2.28. The molecular formula is C12H13FN2S. The van der Waals surface area contributed by atoms with Crippen LogP contribution in [0.2, 0.25) is 0 Å². The quantitative estimate of drug-likeness (QED) is 0.814. The van der Waals surface area contributed by atoms with Crippen molar-refractivity contribution in [3.63, 3.8) is 0 Å². The van der Waals surface area contributed by atoms with Gasteiger partial charge in [-0.05, 0) is 18.1 Å². The molecule has 0 spiro atoms. The lowest BCUT2D eigenvalue weighted by Gasteiger charge is -1.99. The van der Waals surface area contributed by atoms with Gasteiger partial charge in [0.05, 0.1) is 9.88 Å². The fourth-order valence-electron chi connectivity index (χ4n) is 1.43. The fourth-order valence-corrected chi connectivity index (χ4v) is 2.56. The molecule has 4 heteroatoms. The Morgan fingerprint density at radius 1 is 1.38 bits per heavy atom. The lowest BCUT2D eigenvalue weighted by Crippen LogP contribution is -1.91. The highest BCUT2D eigenvalue weighted by Gasteiger charge is 2.10. The van der Waals surface area contributed by atoms with Crippen molar-refractivity contribution in [2.24, 2.45) is 5.92 Å². The SMILES string of the molecule is CC(C)Cc1ncc(-c2ncccc2F)s1. The van der Waals surface area contributed by atoms with Crippen molar-refractivity contribution in [1.29, 1.82) is 0 Å². The molecule has 0 atom stereocenters. The molecule has 2 rings (SSSR count). The number of hydrogen-bond donors (Lipinski definition) is 0. The predicted molar refractivity (Wildman–Crippen MR) is 63.8 cm³/mol. The number of nitrogens with zero attached hydrogens (tertiary/aromatic N) is 2. The largest absolute Gasteiger partial charge is 0.252 e. The second-order valence-corrected chi connectivity index (χ2v) is 5.17. The molecule has 0 unspecified atom stereocenters. The van der Waals surface area contributed by atoms with Crippen molar-refractivity contribution < 1.29 is 4.39 Å². The van der Waals surface area contributed by atoms with Crippen LogP contribution in [0, 0.1) is 11.7 Å². The maximum atomic E-state index is 13.5. The molecule has 2 aromatic heterocycles. The number of rotatable bonds is 3. The molecule has 2 heterocycles. The molecule has 0 aliphatic carbocycles. The first-order chi connectivity index (χ1) is 7.66. The summed E-state index contributed by atoms with van der Waals surface area (Å²) in [6.45, 7) is 4.28. The van der Waals surface area contributed by atoms with Crippen LogP contribution in [-0.4, -0.2) is 9.97 Å². The van der Waals surface area contributed by atoms with Gasteiger partial charge in [-0.1, -0.05) is 13.8 Å². The van der Waals surface area contributed by atoms with Crippen molar-refractivity contribution in [2.75, 3.05) is 0 Å². The van der Waals surface area contributed by atoms with Crippen LogP contribution in [0.25, 0.3) is 10.6 Å². The van der Waals surface area contributed by atoms with E-state index in [-0.39, 0.29) is 5.82 Å². The molecule has 0 N–H and O–H groups in total. The summed E-state index contributed by atoms with van der Waals surface area (Å²) in [4.78, 5) is 9.12. The highest BCUT2D eigenvalue weighted by atomic mass is 32.1. The van der Waals surface area contributed by atoms with E-state index < -0.39 is 0 Å². The number of pyridine rings is 1. The summed E-state index contributed by atoms with van der Waals surface area (Å²) in [5.74, 6) is 0.273. The zero-order valence-electron chi connectivity index (χ0n) is 9.27. The molecule has 0 aliphatic rings. The highest BCUT2D eigenvalue weighted by Crippen LogP contribution is 2.27. The zero-order chi connectivity index (χ0) is 11.5. The van der Waals surface area contributed by atoms with Gasteiger partial charge in [-0.2, -0.15) is 0 Å². The van der Waals surface area contributed by atoms with Crippen LogP contribution < -0.4 is 0 Å². The van der Waals surface area contributed by atoms with Gasteiger partial charge in [-0.25, -0.2) is 9.37 Å². The molecule has 0 saturated carbocycles. The normalized spacial score (nSPS) is 11.0. The highest BCUT2D eigenvalue weighted by molar-refractivity contribution is 7.15. The monoisotopic (exact) mass is 236 g/mol. The van der Waals surface area contributed by atoms with Crippen LogP contribution >= 0.6 is 11.3 Å². The zero-order valence-corrected chi connectivity index (χ0v) is 10.1. The van der Waals surface area contributed by atoms with Gasteiger partial charge in [0.15, 0.2) is 0 Å². The first kappa shape index (κ1) is 11.2. The average molecular weight is 236 g/mol. The first-order valence-electron chi connectivity index (χ1n) is 5.22. The van der Waals surface area contributed by atoms with Crippen molar-refractivity contribution in [2.45, 2.75) is 20.3 Å². The number of thiazole rings is 1. The fraction of sp³-hybridized carbons (Fsp3) is 0.333. The van der Waals surface area contributed by atoms with Crippen molar-refractivity contribution in [1.82, 2.24) is 9.97 Å². The van der Waals surface area contributed by atoms with Crippen molar-refractivity contribution >= 4 is 11.3 Å². The Labute approximate surface area is 98.2 Å². The van der Waals surface area contributed by atoms with Gasteiger partial charge in [-0.3, -0.25) is 4.98 Å². The van der Waals surface area contributed by atoms with Gasteiger partial charge in [-0.15, -0.1) is 11.3 Å². The standard InChI is InChI=1S/C12H13FN2S/c1-8(2)6-11-15-7-10(16-11)12-9(13)4-3-5-14-12/h3-5,7-8H,6H2,1-2H3. The van der Waals surface area contributed by atoms with E-state index >= 15 is 0 Å². The number of halogens is 1. The van der Waals surface area contributed by atoms with Crippen LogP contribution in [0.15, 0.2) is 24.5 Å². The van der Waals surface area contributed by atoms with E-state index in [9.17, 15) is 4.39 Å². The van der Waals surface area contributed by atoms with Crippen LogP contribution in [0.1, 0.15) is 18.9 Å². The van der Waals surface area contributed by atoms with Gasteiger partial charge in [0.2, 0.25) is 0 Å². The topological polar surface area (TPSA) is 25.8 Å². The predicted octanol–water partition coefficient (Wildman–Crippen LogP) is 3.54. The van der Waals surface area contributed by atoms with Crippen LogP contribution in [0.4, 0.5) is 4.39 Å².